The first-order valence-electron chi connectivity index (χ1n) is 7.14. The van der Waals surface area contributed by atoms with Crippen LogP contribution in [0.2, 0.25) is 0 Å². The minimum atomic E-state index is 0.579. The van der Waals surface area contributed by atoms with Crippen LogP contribution in [0.25, 0.3) is 0 Å². The number of benzene rings is 1. The van der Waals surface area contributed by atoms with Gasteiger partial charge in [0.25, 0.3) is 0 Å². The van der Waals surface area contributed by atoms with E-state index in [1.54, 1.807) is 0 Å². The van der Waals surface area contributed by atoms with E-state index in [-0.39, 0.29) is 0 Å². The Labute approximate surface area is 112 Å². The van der Waals surface area contributed by atoms with Crippen molar-refractivity contribution < 1.29 is 0 Å². The fourth-order valence-electron chi connectivity index (χ4n) is 2.74. The first kappa shape index (κ1) is 13.2. The van der Waals surface area contributed by atoms with Crippen molar-refractivity contribution in [3.05, 3.63) is 48.2 Å². The predicted octanol–water partition coefficient (Wildman–Crippen LogP) is 4.11. The Morgan fingerprint density at radius 2 is 1.83 bits per heavy atom. The van der Waals surface area contributed by atoms with Gasteiger partial charge in [0, 0.05) is 18.8 Å². The Morgan fingerprint density at radius 1 is 1.22 bits per heavy atom. The zero-order valence-corrected chi connectivity index (χ0v) is 11.7. The molecule has 0 saturated carbocycles. The largest absolute Gasteiger partial charge is 0.375 e. The summed E-state index contributed by atoms with van der Waals surface area (Å²) in [5.74, 6) is 1.43. The van der Waals surface area contributed by atoms with Crippen molar-refractivity contribution in [2.24, 2.45) is 11.8 Å². The maximum absolute atomic E-state index is 4.21. The van der Waals surface area contributed by atoms with Crippen LogP contribution in [0, 0.1) is 11.8 Å². The van der Waals surface area contributed by atoms with Crippen LogP contribution in [-0.2, 0) is 6.42 Å². The lowest BCUT2D eigenvalue weighted by molar-refractivity contribution is 0.212. The minimum absolute atomic E-state index is 0.579. The van der Waals surface area contributed by atoms with Crippen LogP contribution in [-0.4, -0.2) is 18.0 Å². The summed E-state index contributed by atoms with van der Waals surface area (Å²) in [5.41, 5.74) is 2.80. The first-order chi connectivity index (χ1) is 8.66. The molecule has 2 rings (SSSR count). The summed E-state index contributed by atoms with van der Waals surface area (Å²) < 4.78 is 0. The summed E-state index contributed by atoms with van der Waals surface area (Å²) in [7, 11) is 0. The van der Waals surface area contributed by atoms with Crippen LogP contribution in [0.15, 0.2) is 42.6 Å². The van der Waals surface area contributed by atoms with Crippen molar-refractivity contribution in [2.75, 3.05) is 13.1 Å². The second-order valence-corrected chi connectivity index (χ2v) is 5.77. The van der Waals surface area contributed by atoms with Gasteiger partial charge in [-0.3, -0.25) is 0 Å². The van der Waals surface area contributed by atoms with Crippen LogP contribution in [0.1, 0.15) is 32.3 Å². The van der Waals surface area contributed by atoms with E-state index in [0.717, 1.165) is 5.92 Å². The number of rotatable bonds is 4. The molecule has 0 N–H and O–H groups in total. The van der Waals surface area contributed by atoms with E-state index in [2.05, 4.69) is 55.7 Å². The van der Waals surface area contributed by atoms with Crippen LogP contribution >= 0.6 is 0 Å². The van der Waals surface area contributed by atoms with Crippen molar-refractivity contribution in [2.45, 2.75) is 33.1 Å². The van der Waals surface area contributed by atoms with Gasteiger partial charge in [-0.15, -0.1) is 0 Å². The van der Waals surface area contributed by atoms with Crippen molar-refractivity contribution >= 4 is 0 Å². The van der Waals surface area contributed by atoms with Crippen LogP contribution < -0.4 is 0 Å². The maximum Gasteiger partial charge on any atom is 0.0177 e. The van der Waals surface area contributed by atoms with Gasteiger partial charge >= 0.3 is 0 Å². The molecular formula is C17H25N. The number of piperidine rings is 1. The molecule has 98 valence electrons. The molecule has 1 aliphatic heterocycles. The predicted molar refractivity (Wildman–Crippen MR) is 78.4 cm³/mol. The minimum Gasteiger partial charge on any atom is -0.375 e. The van der Waals surface area contributed by atoms with Crippen LogP contribution in [0.4, 0.5) is 0 Å². The Hall–Kier alpha value is -1.24. The number of nitrogens with zero attached hydrogens (tertiary/aromatic N) is 1. The molecule has 1 aromatic carbocycles. The highest BCUT2D eigenvalue weighted by atomic mass is 15.1. The standard InChI is InChI=1S/C17H25N/c1-14(2)15(3)18-11-9-17(10-12-18)13-16-7-5-4-6-8-16/h4-8,14,17H,3,9-13H2,1-2H3. The lowest BCUT2D eigenvalue weighted by atomic mass is 9.89. The quantitative estimate of drug-likeness (QED) is 0.769. The molecule has 1 heterocycles. The molecule has 0 radical (unpaired) electrons. The molecule has 1 nitrogen and oxygen atoms in total. The fraction of sp³-hybridized carbons (Fsp3) is 0.529. The average molecular weight is 243 g/mol. The summed E-state index contributed by atoms with van der Waals surface area (Å²) in [6.07, 6.45) is 3.85. The molecular weight excluding hydrogens is 218 g/mol. The zero-order chi connectivity index (χ0) is 13.0. The van der Waals surface area contributed by atoms with Gasteiger partial charge in [-0.2, -0.15) is 0 Å². The molecule has 1 fully saturated rings. The molecule has 0 aromatic heterocycles. The highest BCUT2D eigenvalue weighted by molar-refractivity contribution is 5.15. The van der Waals surface area contributed by atoms with Gasteiger partial charge in [0.2, 0.25) is 0 Å². The van der Waals surface area contributed by atoms with Crippen molar-refractivity contribution in [3.8, 4) is 0 Å². The Balaban J connectivity index is 1.82. The Kier molecular flexibility index (Phi) is 4.46. The second kappa shape index (κ2) is 6.08. The summed E-state index contributed by atoms with van der Waals surface area (Å²) in [4.78, 5) is 2.48. The van der Waals surface area contributed by atoms with Gasteiger partial charge in [-0.25, -0.2) is 0 Å². The topological polar surface area (TPSA) is 3.24 Å². The van der Waals surface area contributed by atoms with E-state index in [1.807, 2.05) is 0 Å². The van der Waals surface area contributed by atoms with Gasteiger partial charge in [0.15, 0.2) is 0 Å². The molecule has 0 unspecified atom stereocenters. The van der Waals surface area contributed by atoms with Crippen LogP contribution in [0.5, 0.6) is 0 Å². The average Bonchev–Trinajstić information content (AvgIpc) is 2.40. The Bertz CT molecular complexity index is 372. The molecule has 18 heavy (non-hydrogen) atoms. The van der Waals surface area contributed by atoms with E-state index in [4.69, 9.17) is 0 Å². The van der Waals surface area contributed by atoms with E-state index in [9.17, 15) is 0 Å². The monoisotopic (exact) mass is 243 g/mol. The van der Waals surface area contributed by atoms with Gasteiger partial charge < -0.3 is 4.90 Å². The summed E-state index contributed by atoms with van der Waals surface area (Å²) in [6.45, 7) is 11.1. The van der Waals surface area contributed by atoms with Crippen molar-refractivity contribution in [3.63, 3.8) is 0 Å². The number of likely N-dealkylation sites (tertiary alicyclic amines) is 1. The summed E-state index contributed by atoms with van der Waals surface area (Å²) in [6, 6.07) is 10.9. The Morgan fingerprint density at radius 3 is 2.39 bits per heavy atom. The van der Waals surface area contributed by atoms with Gasteiger partial charge in [-0.1, -0.05) is 50.8 Å². The van der Waals surface area contributed by atoms with Crippen molar-refractivity contribution in [1.29, 1.82) is 0 Å². The van der Waals surface area contributed by atoms with E-state index in [0.29, 0.717) is 5.92 Å². The highest BCUT2D eigenvalue weighted by Gasteiger charge is 2.21. The molecule has 1 saturated heterocycles. The lowest BCUT2D eigenvalue weighted by Crippen LogP contribution is -2.34. The third kappa shape index (κ3) is 3.38. The normalized spacial score (nSPS) is 17.2. The molecule has 0 bridgehead atoms. The fourth-order valence-corrected chi connectivity index (χ4v) is 2.74. The second-order valence-electron chi connectivity index (χ2n) is 5.77. The lowest BCUT2D eigenvalue weighted by Gasteiger charge is -2.36. The molecule has 0 spiro atoms. The highest BCUT2D eigenvalue weighted by Crippen LogP contribution is 2.25. The number of hydrogen-bond donors (Lipinski definition) is 0. The summed E-state index contributed by atoms with van der Waals surface area (Å²) in [5, 5.41) is 0. The van der Waals surface area contributed by atoms with Gasteiger partial charge in [0.1, 0.15) is 0 Å². The van der Waals surface area contributed by atoms with Crippen LogP contribution in [0.3, 0.4) is 0 Å². The first-order valence-corrected chi connectivity index (χ1v) is 7.14. The van der Waals surface area contributed by atoms with Crippen molar-refractivity contribution in [1.82, 2.24) is 4.90 Å². The maximum atomic E-state index is 4.21. The molecule has 0 aliphatic carbocycles. The SMILES string of the molecule is C=C(C(C)C)N1CCC(Cc2ccccc2)CC1. The smallest absolute Gasteiger partial charge is 0.0177 e. The molecule has 1 aliphatic rings. The molecule has 1 heteroatoms. The molecule has 1 aromatic rings. The molecule has 0 atom stereocenters. The van der Waals surface area contributed by atoms with E-state index in [1.165, 1.54) is 43.6 Å². The van der Waals surface area contributed by atoms with Gasteiger partial charge in [0.05, 0.1) is 0 Å². The summed E-state index contributed by atoms with van der Waals surface area (Å²) >= 11 is 0. The van der Waals surface area contributed by atoms with E-state index >= 15 is 0 Å². The zero-order valence-electron chi connectivity index (χ0n) is 11.7. The third-order valence-corrected chi connectivity index (χ3v) is 4.05. The molecule has 0 amide bonds. The van der Waals surface area contributed by atoms with E-state index < -0.39 is 0 Å². The number of allylic oxidation sites excluding steroid dienone is 1. The number of hydrogen-bond acceptors (Lipinski definition) is 1. The van der Waals surface area contributed by atoms with Gasteiger partial charge in [-0.05, 0) is 36.7 Å². The third-order valence-electron chi connectivity index (χ3n) is 4.05.